The summed E-state index contributed by atoms with van der Waals surface area (Å²) < 4.78 is 33.8. The van der Waals surface area contributed by atoms with E-state index in [0.717, 1.165) is 4.68 Å². The summed E-state index contributed by atoms with van der Waals surface area (Å²) in [5.74, 6) is -0.944. The van der Waals surface area contributed by atoms with Crippen molar-refractivity contribution in [2.75, 3.05) is 13.2 Å². The minimum Gasteiger partial charge on any atom is -0.476 e. The van der Waals surface area contributed by atoms with Gasteiger partial charge in [0.2, 0.25) is 5.88 Å². The molecule has 18 heavy (non-hydrogen) atoms. The third-order valence-electron chi connectivity index (χ3n) is 1.99. The summed E-state index contributed by atoms with van der Waals surface area (Å²) in [6, 6.07) is 0. The highest BCUT2D eigenvalue weighted by Crippen LogP contribution is 2.25. The number of nitrogens with zero attached hydrogens (tertiary/aromatic N) is 2. The second-order valence-electron chi connectivity index (χ2n) is 3.31. The molecule has 8 nitrogen and oxygen atoms in total. The van der Waals surface area contributed by atoms with Crippen molar-refractivity contribution in [1.29, 1.82) is 0 Å². The van der Waals surface area contributed by atoms with Gasteiger partial charge in [0.05, 0.1) is 13.2 Å². The first-order valence-electron chi connectivity index (χ1n) is 5.22. The van der Waals surface area contributed by atoms with Gasteiger partial charge in [0.15, 0.2) is 10.6 Å². The summed E-state index contributed by atoms with van der Waals surface area (Å²) in [6.07, 6.45) is 0. The predicted molar refractivity (Wildman–Crippen MR) is 61.7 cm³/mol. The molecule has 0 aromatic carbocycles. The molecule has 0 saturated heterocycles. The fourth-order valence-electron chi connectivity index (χ4n) is 1.43. The molecule has 0 aliphatic heterocycles. The Balaban J connectivity index is 3.46. The largest absolute Gasteiger partial charge is 0.476 e. The van der Waals surface area contributed by atoms with Gasteiger partial charge in [-0.25, -0.2) is 18.4 Å². The van der Waals surface area contributed by atoms with E-state index in [9.17, 15) is 13.2 Å². The van der Waals surface area contributed by atoms with Crippen LogP contribution in [0.15, 0.2) is 5.03 Å². The summed E-state index contributed by atoms with van der Waals surface area (Å²) in [7, 11) is -2.75. The van der Waals surface area contributed by atoms with Gasteiger partial charge >= 0.3 is 5.97 Å². The highest BCUT2D eigenvalue weighted by Gasteiger charge is 2.31. The maximum atomic E-state index is 11.7. The van der Waals surface area contributed by atoms with Crippen LogP contribution in [0, 0.1) is 0 Å². The van der Waals surface area contributed by atoms with E-state index in [2.05, 4.69) is 5.10 Å². The molecule has 102 valence electrons. The molecule has 1 rings (SSSR count). The zero-order chi connectivity index (χ0) is 13.9. The lowest BCUT2D eigenvalue weighted by Crippen LogP contribution is -2.20. The standard InChI is InChI=1S/C9H15N3O5S/c1-4-16-7-6(9(13)17-5-2)8(12(3)11-7)18(10,14)15/h4-5H2,1-3H3,(H2,10,14,15). The summed E-state index contributed by atoms with van der Waals surface area (Å²) in [4.78, 5) is 11.7. The molecule has 0 fully saturated rings. The van der Waals surface area contributed by atoms with Crippen molar-refractivity contribution >= 4 is 16.0 Å². The van der Waals surface area contributed by atoms with Crippen LogP contribution in [-0.4, -0.2) is 37.4 Å². The normalized spacial score (nSPS) is 11.3. The Morgan fingerprint density at radius 3 is 2.44 bits per heavy atom. The lowest BCUT2D eigenvalue weighted by molar-refractivity contribution is 0.0517. The number of aromatic nitrogens is 2. The zero-order valence-electron chi connectivity index (χ0n) is 10.3. The second-order valence-corrected chi connectivity index (χ2v) is 4.78. The van der Waals surface area contributed by atoms with Crippen LogP contribution < -0.4 is 9.88 Å². The van der Waals surface area contributed by atoms with E-state index in [1.54, 1.807) is 13.8 Å². The maximum Gasteiger partial charge on any atom is 0.346 e. The summed E-state index contributed by atoms with van der Waals surface area (Å²) in [5, 5.41) is 8.43. The highest BCUT2D eigenvalue weighted by molar-refractivity contribution is 7.89. The Morgan fingerprint density at radius 2 is 2.00 bits per heavy atom. The molecule has 9 heteroatoms. The van der Waals surface area contributed by atoms with Crippen LogP contribution in [0.2, 0.25) is 0 Å². The van der Waals surface area contributed by atoms with Gasteiger partial charge < -0.3 is 9.47 Å². The summed E-state index contributed by atoms with van der Waals surface area (Å²) in [5.41, 5.74) is -0.274. The number of sulfonamides is 1. The first-order chi connectivity index (χ1) is 8.32. The monoisotopic (exact) mass is 277 g/mol. The van der Waals surface area contributed by atoms with Crippen LogP contribution in [0.1, 0.15) is 24.2 Å². The molecule has 0 atom stereocenters. The van der Waals surface area contributed by atoms with E-state index in [1.807, 2.05) is 0 Å². The van der Waals surface area contributed by atoms with E-state index in [4.69, 9.17) is 14.6 Å². The molecule has 0 radical (unpaired) electrons. The number of esters is 1. The highest BCUT2D eigenvalue weighted by atomic mass is 32.2. The molecular weight excluding hydrogens is 262 g/mol. The summed E-state index contributed by atoms with van der Waals surface area (Å²) >= 11 is 0. The first-order valence-corrected chi connectivity index (χ1v) is 6.77. The van der Waals surface area contributed by atoms with Crippen LogP contribution in [0.25, 0.3) is 0 Å². The first kappa shape index (κ1) is 14.5. The third kappa shape index (κ3) is 2.79. The molecule has 0 aliphatic rings. The number of rotatable bonds is 5. The van der Waals surface area contributed by atoms with Gasteiger partial charge in [-0.1, -0.05) is 0 Å². The molecule has 0 bridgehead atoms. The molecule has 0 unspecified atom stereocenters. The third-order valence-corrected chi connectivity index (χ3v) is 3.00. The Labute approximate surface area is 105 Å². The number of hydrogen-bond acceptors (Lipinski definition) is 6. The number of nitrogens with two attached hydrogens (primary N) is 1. The van der Waals surface area contributed by atoms with Gasteiger partial charge in [-0.3, -0.25) is 4.68 Å². The van der Waals surface area contributed by atoms with Crippen molar-refractivity contribution in [1.82, 2.24) is 9.78 Å². The zero-order valence-corrected chi connectivity index (χ0v) is 11.2. The second kappa shape index (κ2) is 5.36. The molecule has 2 N–H and O–H groups in total. The number of hydrogen-bond donors (Lipinski definition) is 1. The lowest BCUT2D eigenvalue weighted by atomic mass is 10.3. The molecular formula is C9H15N3O5S. The average Bonchev–Trinajstić information content (AvgIpc) is 2.55. The van der Waals surface area contributed by atoms with E-state index >= 15 is 0 Å². The van der Waals surface area contributed by atoms with Gasteiger partial charge in [-0.2, -0.15) is 0 Å². The summed E-state index contributed by atoms with van der Waals surface area (Å²) in [6.45, 7) is 3.61. The molecule has 0 saturated carbocycles. The number of primary sulfonamides is 1. The fourth-order valence-corrected chi connectivity index (χ4v) is 2.29. The minimum absolute atomic E-state index is 0.101. The van der Waals surface area contributed by atoms with Crippen LogP contribution in [0.4, 0.5) is 0 Å². The number of ether oxygens (including phenoxy) is 2. The van der Waals surface area contributed by atoms with Crippen molar-refractivity contribution in [3.8, 4) is 5.88 Å². The Morgan fingerprint density at radius 1 is 1.39 bits per heavy atom. The number of carbonyl (C=O) groups is 1. The molecule has 0 spiro atoms. The molecule has 1 aromatic heterocycles. The predicted octanol–water partition coefficient (Wildman–Crippen LogP) is -0.357. The smallest absolute Gasteiger partial charge is 0.346 e. The van der Waals surface area contributed by atoms with Crippen LogP contribution in [-0.2, 0) is 21.8 Å². The van der Waals surface area contributed by atoms with Crippen LogP contribution >= 0.6 is 0 Å². The Hall–Kier alpha value is -1.61. The maximum absolute atomic E-state index is 11.7. The van der Waals surface area contributed by atoms with E-state index in [1.165, 1.54) is 7.05 Å². The lowest BCUT2D eigenvalue weighted by Gasteiger charge is -2.04. The van der Waals surface area contributed by atoms with Crippen molar-refractivity contribution in [2.45, 2.75) is 18.9 Å². The van der Waals surface area contributed by atoms with Crippen molar-refractivity contribution < 1.29 is 22.7 Å². The SMILES string of the molecule is CCOC(=O)c1c(OCC)nn(C)c1S(N)(=O)=O. The average molecular weight is 277 g/mol. The number of aryl methyl sites for hydroxylation is 1. The number of carbonyl (C=O) groups excluding carboxylic acids is 1. The fraction of sp³-hybridized carbons (Fsp3) is 0.556. The van der Waals surface area contributed by atoms with Gasteiger partial charge in [0.25, 0.3) is 10.0 Å². The Bertz CT molecular complexity index is 549. The van der Waals surface area contributed by atoms with Gasteiger partial charge in [0, 0.05) is 7.05 Å². The van der Waals surface area contributed by atoms with E-state index in [-0.39, 0.29) is 24.7 Å². The van der Waals surface area contributed by atoms with E-state index in [0.29, 0.717) is 0 Å². The van der Waals surface area contributed by atoms with Crippen molar-refractivity contribution in [2.24, 2.45) is 12.2 Å². The van der Waals surface area contributed by atoms with Crippen LogP contribution in [0.5, 0.6) is 5.88 Å². The topological polar surface area (TPSA) is 114 Å². The Kier molecular flexibility index (Phi) is 4.30. The molecule has 1 heterocycles. The van der Waals surface area contributed by atoms with Crippen LogP contribution in [0.3, 0.4) is 0 Å². The van der Waals surface area contributed by atoms with E-state index < -0.39 is 21.0 Å². The van der Waals surface area contributed by atoms with Gasteiger partial charge in [0.1, 0.15) is 0 Å². The molecule has 0 amide bonds. The van der Waals surface area contributed by atoms with Gasteiger partial charge in [-0.15, -0.1) is 5.10 Å². The van der Waals surface area contributed by atoms with Gasteiger partial charge in [-0.05, 0) is 13.8 Å². The van der Waals surface area contributed by atoms with Crippen molar-refractivity contribution in [3.05, 3.63) is 5.56 Å². The minimum atomic E-state index is -4.11. The quantitative estimate of drug-likeness (QED) is 0.735. The molecule has 0 aliphatic carbocycles. The molecule has 1 aromatic rings. The van der Waals surface area contributed by atoms with Crippen molar-refractivity contribution in [3.63, 3.8) is 0 Å².